The molecule has 1 unspecified atom stereocenters. The highest BCUT2D eigenvalue weighted by Crippen LogP contribution is 2.36. The molecule has 2 aromatic carbocycles. The van der Waals surface area contributed by atoms with Crippen LogP contribution in [-0.2, 0) is 5.54 Å². The number of aromatic nitrogens is 4. The van der Waals surface area contributed by atoms with Gasteiger partial charge in [-0.1, -0.05) is 31.2 Å². The molecule has 190 valence electrons. The zero-order chi connectivity index (χ0) is 25.4. The van der Waals surface area contributed by atoms with Crippen LogP contribution in [0, 0.1) is 0 Å². The summed E-state index contributed by atoms with van der Waals surface area (Å²) in [6.07, 6.45) is 7.36. The minimum absolute atomic E-state index is 0.184. The molecular formula is C30H34N6S. The van der Waals surface area contributed by atoms with Gasteiger partial charge in [0.15, 0.2) is 0 Å². The highest BCUT2D eigenvalue weighted by atomic mass is 32.1. The number of nitrogens with one attached hydrogen (secondary N) is 4. The van der Waals surface area contributed by atoms with Gasteiger partial charge in [0.1, 0.15) is 11.6 Å². The molecule has 1 fully saturated rings. The van der Waals surface area contributed by atoms with E-state index in [0.29, 0.717) is 6.04 Å². The van der Waals surface area contributed by atoms with E-state index in [1.807, 2.05) is 12.4 Å². The van der Waals surface area contributed by atoms with E-state index in [9.17, 15) is 0 Å². The van der Waals surface area contributed by atoms with Crippen molar-refractivity contribution in [2.45, 2.75) is 51.6 Å². The molecule has 1 aliphatic heterocycles. The number of H-pyrrole nitrogens is 2. The molecule has 0 spiro atoms. The zero-order valence-corrected chi connectivity index (χ0v) is 22.5. The second-order valence-corrected chi connectivity index (χ2v) is 11.6. The quantitative estimate of drug-likeness (QED) is 0.181. The lowest BCUT2D eigenvalue weighted by Crippen LogP contribution is -2.38. The Kier molecular flexibility index (Phi) is 6.44. The Morgan fingerprint density at radius 3 is 2.46 bits per heavy atom. The second-order valence-electron chi connectivity index (χ2n) is 10.5. The summed E-state index contributed by atoms with van der Waals surface area (Å²) in [6, 6.07) is 18.1. The lowest BCUT2D eigenvalue weighted by Gasteiger charge is -2.23. The summed E-state index contributed by atoms with van der Waals surface area (Å²) >= 11 is 1.79. The molecule has 0 saturated carbocycles. The standard InChI is InChI=1S/C30H34N6S/c1-4-13-34-30(2,3)29-33-18-25(36-29)27-12-11-26(37-27)22-10-8-19-15-21(9-7-20(19)16-22)24-17-32-28(35-24)23-6-5-14-31-23/h7-12,15-18,23,31,34H,4-6,13-14H2,1-3H3,(H,32,35)(H,33,36). The first kappa shape index (κ1) is 24.1. The van der Waals surface area contributed by atoms with Gasteiger partial charge in [0.05, 0.1) is 40.2 Å². The van der Waals surface area contributed by atoms with E-state index in [4.69, 9.17) is 0 Å². The van der Waals surface area contributed by atoms with Gasteiger partial charge in [-0.15, -0.1) is 11.3 Å². The average molecular weight is 511 g/mol. The van der Waals surface area contributed by atoms with Crippen LogP contribution in [-0.4, -0.2) is 33.0 Å². The van der Waals surface area contributed by atoms with Gasteiger partial charge in [0.25, 0.3) is 0 Å². The van der Waals surface area contributed by atoms with Crippen LogP contribution in [0.4, 0.5) is 0 Å². The van der Waals surface area contributed by atoms with Gasteiger partial charge in [-0.05, 0) is 86.8 Å². The van der Waals surface area contributed by atoms with Gasteiger partial charge >= 0.3 is 0 Å². The number of thiophene rings is 1. The van der Waals surface area contributed by atoms with Gasteiger partial charge in [-0.25, -0.2) is 9.97 Å². The molecule has 7 heteroatoms. The molecule has 0 amide bonds. The summed E-state index contributed by atoms with van der Waals surface area (Å²) in [6.45, 7) is 8.56. The highest BCUT2D eigenvalue weighted by Gasteiger charge is 2.23. The van der Waals surface area contributed by atoms with Crippen LogP contribution in [0.15, 0.2) is 60.9 Å². The van der Waals surface area contributed by atoms with Gasteiger partial charge in [-0.3, -0.25) is 0 Å². The molecule has 3 aromatic heterocycles. The summed E-state index contributed by atoms with van der Waals surface area (Å²) in [7, 11) is 0. The van der Waals surface area contributed by atoms with Crippen molar-refractivity contribution in [3.63, 3.8) is 0 Å². The van der Waals surface area contributed by atoms with E-state index in [0.717, 1.165) is 49.0 Å². The number of imidazole rings is 2. The number of hydrogen-bond donors (Lipinski definition) is 4. The average Bonchev–Trinajstić information content (AvgIpc) is 3.72. The third-order valence-electron chi connectivity index (χ3n) is 7.28. The first-order chi connectivity index (χ1) is 18.0. The maximum Gasteiger partial charge on any atom is 0.126 e. The summed E-state index contributed by atoms with van der Waals surface area (Å²) in [4.78, 5) is 18.8. The first-order valence-corrected chi connectivity index (χ1v) is 14.1. The second kappa shape index (κ2) is 9.89. The number of benzene rings is 2. The Bertz CT molecular complexity index is 1520. The Morgan fingerprint density at radius 2 is 1.68 bits per heavy atom. The van der Waals surface area contributed by atoms with Gasteiger partial charge in [0, 0.05) is 10.4 Å². The minimum Gasteiger partial charge on any atom is -0.341 e. The molecule has 0 bridgehead atoms. The van der Waals surface area contributed by atoms with Crippen LogP contribution in [0.3, 0.4) is 0 Å². The predicted molar refractivity (Wildman–Crippen MR) is 154 cm³/mol. The van der Waals surface area contributed by atoms with Crippen molar-refractivity contribution in [3.05, 3.63) is 72.6 Å². The fourth-order valence-corrected chi connectivity index (χ4v) is 6.04. The van der Waals surface area contributed by atoms with Crippen molar-refractivity contribution in [3.8, 4) is 32.3 Å². The third-order valence-corrected chi connectivity index (χ3v) is 8.45. The number of aromatic amines is 2. The molecule has 4 N–H and O–H groups in total. The normalized spacial score (nSPS) is 16.1. The molecule has 0 aliphatic carbocycles. The smallest absolute Gasteiger partial charge is 0.126 e. The lowest BCUT2D eigenvalue weighted by molar-refractivity contribution is 0.384. The van der Waals surface area contributed by atoms with E-state index < -0.39 is 0 Å². The van der Waals surface area contributed by atoms with Crippen molar-refractivity contribution < 1.29 is 0 Å². The largest absolute Gasteiger partial charge is 0.341 e. The Morgan fingerprint density at radius 1 is 0.919 bits per heavy atom. The van der Waals surface area contributed by atoms with Crippen LogP contribution < -0.4 is 10.6 Å². The van der Waals surface area contributed by atoms with E-state index in [2.05, 4.69) is 99.9 Å². The zero-order valence-electron chi connectivity index (χ0n) is 21.7. The summed E-state index contributed by atoms with van der Waals surface area (Å²) in [5, 5.41) is 9.55. The van der Waals surface area contributed by atoms with Crippen molar-refractivity contribution >= 4 is 22.1 Å². The van der Waals surface area contributed by atoms with Crippen LogP contribution in [0.5, 0.6) is 0 Å². The summed E-state index contributed by atoms with van der Waals surface area (Å²) in [5.74, 6) is 2.01. The fraction of sp³-hybridized carbons (Fsp3) is 0.333. The minimum atomic E-state index is -0.184. The van der Waals surface area contributed by atoms with Gasteiger partial charge < -0.3 is 20.6 Å². The number of hydrogen-bond acceptors (Lipinski definition) is 5. The van der Waals surface area contributed by atoms with E-state index in [-0.39, 0.29) is 5.54 Å². The van der Waals surface area contributed by atoms with Gasteiger partial charge in [-0.2, -0.15) is 0 Å². The van der Waals surface area contributed by atoms with Crippen LogP contribution in [0.1, 0.15) is 57.7 Å². The Labute approximate surface area is 222 Å². The molecule has 6 rings (SSSR count). The van der Waals surface area contributed by atoms with Crippen molar-refractivity contribution in [2.75, 3.05) is 13.1 Å². The van der Waals surface area contributed by atoms with Crippen LogP contribution in [0.2, 0.25) is 0 Å². The predicted octanol–water partition coefficient (Wildman–Crippen LogP) is 7.01. The molecule has 1 atom stereocenters. The molecular weight excluding hydrogens is 476 g/mol. The molecule has 37 heavy (non-hydrogen) atoms. The Balaban J connectivity index is 1.22. The summed E-state index contributed by atoms with van der Waals surface area (Å²) in [5.41, 5.74) is 4.36. The molecule has 0 radical (unpaired) electrons. The summed E-state index contributed by atoms with van der Waals surface area (Å²) < 4.78 is 0. The van der Waals surface area contributed by atoms with E-state index in [1.165, 1.54) is 38.1 Å². The maximum absolute atomic E-state index is 4.68. The lowest BCUT2D eigenvalue weighted by atomic mass is 10.0. The maximum atomic E-state index is 4.68. The van der Waals surface area contributed by atoms with Crippen molar-refractivity contribution in [1.29, 1.82) is 0 Å². The van der Waals surface area contributed by atoms with Crippen LogP contribution >= 0.6 is 11.3 Å². The SMILES string of the molecule is CCCNC(C)(C)c1ncc(-c2ccc(-c3ccc4cc(-c5cnc(C6CCCN6)[nH]5)ccc4c3)s2)[nH]1. The molecule has 5 aromatic rings. The molecule has 6 nitrogen and oxygen atoms in total. The molecule has 1 aliphatic rings. The number of fused-ring (bicyclic) bond motifs is 1. The third kappa shape index (κ3) is 4.87. The van der Waals surface area contributed by atoms with Crippen LogP contribution in [0.25, 0.3) is 43.0 Å². The Hall–Kier alpha value is -3.26. The topological polar surface area (TPSA) is 81.4 Å². The van der Waals surface area contributed by atoms with E-state index in [1.54, 1.807) is 11.3 Å². The molecule has 1 saturated heterocycles. The van der Waals surface area contributed by atoms with Crippen molar-refractivity contribution in [1.82, 2.24) is 30.6 Å². The van der Waals surface area contributed by atoms with E-state index >= 15 is 0 Å². The van der Waals surface area contributed by atoms with Crippen molar-refractivity contribution in [2.24, 2.45) is 0 Å². The van der Waals surface area contributed by atoms with Gasteiger partial charge in [0.2, 0.25) is 0 Å². The first-order valence-electron chi connectivity index (χ1n) is 13.2. The fourth-order valence-electron chi connectivity index (χ4n) is 5.07. The highest BCUT2D eigenvalue weighted by molar-refractivity contribution is 7.18. The number of nitrogens with zero attached hydrogens (tertiary/aromatic N) is 2. The number of rotatable bonds is 8. The molecule has 4 heterocycles. The monoisotopic (exact) mass is 510 g/mol.